The number of benzene rings is 2. The summed E-state index contributed by atoms with van der Waals surface area (Å²) >= 11 is 1.71. The van der Waals surface area contributed by atoms with Gasteiger partial charge in [0, 0.05) is 31.6 Å². The van der Waals surface area contributed by atoms with Crippen LogP contribution < -0.4 is 0 Å². The molecule has 0 bridgehead atoms. The van der Waals surface area contributed by atoms with Crippen molar-refractivity contribution < 1.29 is 13.9 Å². The summed E-state index contributed by atoms with van der Waals surface area (Å²) in [6.45, 7) is 2.88. The Balaban J connectivity index is 1.53. The maximum Gasteiger partial charge on any atom is 0.236 e. The van der Waals surface area contributed by atoms with Crippen LogP contribution in [0.2, 0.25) is 0 Å². The fourth-order valence-corrected chi connectivity index (χ4v) is 3.54. The van der Waals surface area contributed by atoms with Crippen LogP contribution in [0.4, 0.5) is 4.39 Å². The predicted octanol–water partition coefficient (Wildman–Crippen LogP) is 3.58. The van der Waals surface area contributed by atoms with E-state index in [1.807, 2.05) is 13.3 Å². The van der Waals surface area contributed by atoms with Crippen molar-refractivity contribution in [2.24, 2.45) is 0 Å². The normalized spacial score (nSPS) is 17.7. The van der Waals surface area contributed by atoms with Crippen molar-refractivity contribution in [1.82, 2.24) is 9.80 Å². The molecule has 6 heteroatoms. The predicted molar refractivity (Wildman–Crippen MR) is 106 cm³/mol. The van der Waals surface area contributed by atoms with Crippen LogP contribution >= 0.6 is 11.8 Å². The molecule has 2 aromatic rings. The third-order valence-electron chi connectivity index (χ3n) is 4.76. The first kappa shape index (κ1) is 19.9. The maximum atomic E-state index is 13.1. The summed E-state index contributed by atoms with van der Waals surface area (Å²) in [5, 5.41) is 0. The second-order valence-corrected chi connectivity index (χ2v) is 7.62. The Bertz CT molecular complexity index is 752. The summed E-state index contributed by atoms with van der Waals surface area (Å²) < 4.78 is 18.9. The van der Waals surface area contributed by atoms with E-state index in [9.17, 15) is 9.18 Å². The first-order chi connectivity index (χ1) is 13.0. The van der Waals surface area contributed by atoms with Crippen LogP contribution in [-0.4, -0.2) is 55.3 Å². The van der Waals surface area contributed by atoms with Crippen LogP contribution in [0.25, 0.3) is 0 Å². The summed E-state index contributed by atoms with van der Waals surface area (Å²) in [7, 11) is 1.84. The van der Waals surface area contributed by atoms with Crippen molar-refractivity contribution in [1.29, 1.82) is 0 Å². The van der Waals surface area contributed by atoms with E-state index in [0.29, 0.717) is 26.2 Å². The zero-order chi connectivity index (χ0) is 19.2. The number of halogens is 1. The van der Waals surface area contributed by atoms with Crippen molar-refractivity contribution >= 4 is 17.7 Å². The lowest BCUT2D eigenvalue weighted by Crippen LogP contribution is -2.44. The highest BCUT2D eigenvalue weighted by Gasteiger charge is 2.24. The van der Waals surface area contributed by atoms with Crippen LogP contribution in [0.5, 0.6) is 0 Å². The Labute approximate surface area is 164 Å². The van der Waals surface area contributed by atoms with Gasteiger partial charge in [-0.1, -0.05) is 24.3 Å². The number of rotatable bonds is 6. The van der Waals surface area contributed by atoms with Crippen molar-refractivity contribution in [2.75, 3.05) is 39.5 Å². The maximum absolute atomic E-state index is 13.1. The molecule has 0 aliphatic carbocycles. The van der Waals surface area contributed by atoms with Gasteiger partial charge in [-0.3, -0.25) is 9.69 Å². The van der Waals surface area contributed by atoms with Gasteiger partial charge >= 0.3 is 0 Å². The zero-order valence-electron chi connectivity index (χ0n) is 15.7. The number of morpholine rings is 1. The van der Waals surface area contributed by atoms with Gasteiger partial charge in [-0.25, -0.2) is 4.39 Å². The molecule has 1 aliphatic heterocycles. The van der Waals surface area contributed by atoms with Crippen molar-refractivity contribution in [3.8, 4) is 0 Å². The van der Waals surface area contributed by atoms with Gasteiger partial charge in [0.25, 0.3) is 0 Å². The molecule has 27 heavy (non-hydrogen) atoms. The average molecular weight is 389 g/mol. The number of amides is 1. The summed E-state index contributed by atoms with van der Waals surface area (Å²) in [5.74, 6) is -0.169. The highest BCUT2D eigenvalue weighted by molar-refractivity contribution is 7.98. The summed E-state index contributed by atoms with van der Waals surface area (Å²) in [6, 6.07) is 14.7. The SMILES string of the molecule is CSc1ccc(CN(C)C(=O)CN2CCOC(c3ccc(F)cc3)C2)cc1. The van der Waals surface area contributed by atoms with E-state index in [1.54, 1.807) is 28.8 Å². The molecule has 1 atom stereocenters. The lowest BCUT2D eigenvalue weighted by atomic mass is 10.1. The molecule has 1 aliphatic rings. The Morgan fingerprint density at radius 1 is 1.22 bits per heavy atom. The Kier molecular flexibility index (Phi) is 6.88. The number of hydrogen-bond donors (Lipinski definition) is 0. The molecule has 1 fully saturated rings. The molecule has 3 rings (SSSR count). The molecule has 4 nitrogen and oxygen atoms in total. The van der Waals surface area contributed by atoms with Gasteiger partial charge in [0.2, 0.25) is 5.91 Å². The molecule has 1 amide bonds. The number of ether oxygens (including phenoxy) is 1. The molecule has 0 spiro atoms. The number of nitrogens with zero attached hydrogens (tertiary/aromatic N) is 2. The Hall–Kier alpha value is -1.89. The minimum absolute atomic E-state index is 0.0868. The highest BCUT2D eigenvalue weighted by Crippen LogP contribution is 2.22. The molecule has 1 saturated heterocycles. The largest absolute Gasteiger partial charge is 0.371 e. The first-order valence-corrected chi connectivity index (χ1v) is 10.2. The van der Waals surface area contributed by atoms with Gasteiger partial charge < -0.3 is 9.64 Å². The van der Waals surface area contributed by atoms with Crippen LogP contribution in [-0.2, 0) is 16.1 Å². The minimum Gasteiger partial charge on any atom is -0.371 e. The second kappa shape index (κ2) is 9.35. The zero-order valence-corrected chi connectivity index (χ0v) is 16.5. The summed E-state index contributed by atoms with van der Waals surface area (Å²) in [4.78, 5) is 17.7. The van der Waals surface area contributed by atoms with Gasteiger partial charge in [-0.2, -0.15) is 0 Å². The number of thioether (sulfide) groups is 1. The van der Waals surface area contributed by atoms with Gasteiger partial charge in [0.05, 0.1) is 19.3 Å². The Morgan fingerprint density at radius 3 is 2.59 bits per heavy atom. The molecular formula is C21H25FN2O2S. The van der Waals surface area contributed by atoms with E-state index >= 15 is 0 Å². The molecular weight excluding hydrogens is 363 g/mol. The van der Waals surface area contributed by atoms with Crippen LogP contribution in [0, 0.1) is 5.82 Å². The molecule has 1 heterocycles. The van der Waals surface area contributed by atoms with Crippen LogP contribution in [0.3, 0.4) is 0 Å². The van der Waals surface area contributed by atoms with Crippen molar-refractivity contribution in [3.63, 3.8) is 0 Å². The lowest BCUT2D eigenvalue weighted by molar-refractivity contribution is -0.133. The molecule has 1 unspecified atom stereocenters. The van der Waals surface area contributed by atoms with Crippen LogP contribution in [0.15, 0.2) is 53.4 Å². The number of carbonyl (C=O) groups excluding carboxylic acids is 1. The van der Waals surface area contributed by atoms with E-state index in [-0.39, 0.29) is 17.8 Å². The van der Waals surface area contributed by atoms with E-state index in [2.05, 4.69) is 29.2 Å². The second-order valence-electron chi connectivity index (χ2n) is 6.74. The third-order valence-corrected chi connectivity index (χ3v) is 5.50. The minimum atomic E-state index is -0.256. The van der Waals surface area contributed by atoms with E-state index in [1.165, 1.54) is 17.0 Å². The lowest BCUT2D eigenvalue weighted by Gasteiger charge is -2.33. The first-order valence-electron chi connectivity index (χ1n) is 9.01. The fourth-order valence-electron chi connectivity index (χ4n) is 3.13. The molecule has 0 saturated carbocycles. The molecule has 144 valence electrons. The average Bonchev–Trinajstić information content (AvgIpc) is 2.69. The molecule has 0 N–H and O–H groups in total. The molecule has 0 radical (unpaired) electrons. The third kappa shape index (κ3) is 5.54. The van der Waals surface area contributed by atoms with Crippen molar-refractivity contribution in [2.45, 2.75) is 17.5 Å². The summed E-state index contributed by atoms with van der Waals surface area (Å²) in [6.07, 6.45) is 1.92. The van der Waals surface area contributed by atoms with Gasteiger partial charge in [-0.15, -0.1) is 11.8 Å². The van der Waals surface area contributed by atoms with E-state index < -0.39 is 0 Å². The van der Waals surface area contributed by atoms with Crippen LogP contribution in [0.1, 0.15) is 17.2 Å². The van der Waals surface area contributed by atoms with E-state index in [4.69, 9.17) is 4.74 Å². The number of carbonyl (C=O) groups is 1. The smallest absolute Gasteiger partial charge is 0.236 e. The van der Waals surface area contributed by atoms with Crippen molar-refractivity contribution in [3.05, 3.63) is 65.5 Å². The Morgan fingerprint density at radius 2 is 1.93 bits per heavy atom. The topological polar surface area (TPSA) is 32.8 Å². The van der Waals surface area contributed by atoms with Gasteiger partial charge in [-0.05, 0) is 41.6 Å². The fraction of sp³-hybridized carbons (Fsp3) is 0.381. The summed E-state index contributed by atoms with van der Waals surface area (Å²) in [5.41, 5.74) is 2.06. The van der Waals surface area contributed by atoms with Gasteiger partial charge in [0.15, 0.2) is 0 Å². The highest BCUT2D eigenvalue weighted by atomic mass is 32.2. The quantitative estimate of drug-likeness (QED) is 0.708. The molecule has 0 aromatic heterocycles. The number of hydrogen-bond acceptors (Lipinski definition) is 4. The monoisotopic (exact) mass is 388 g/mol. The van der Waals surface area contributed by atoms with E-state index in [0.717, 1.165) is 17.7 Å². The molecule has 2 aromatic carbocycles. The van der Waals surface area contributed by atoms with Gasteiger partial charge in [0.1, 0.15) is 5.82 Å². The number of likely N-dealkylation sites (N-methyl/N-ethyl adjacent to an activating group) is 1. The standard InChI is InChI=1S/C21H25FN2O2S/c1-23(13-16-3-9-19(27-2)10-4-16)21(25)15-24-11-12-26-20(14-24)17-5-7-18(22)8-6-17/h3-10,20H,11-15H2,1-2H3.